The highest BCUT2D eigenvalue weighted by Gasteiger charge is 2.46. The average molecular weight is 214 g/mol. The van der Waals surface area contributed by atoms with Gasteiger partial charge in [-0.1, -0.05) is 11.6 Å². The molecular formula is C10H9ClFNO. The van der Waals surface area contributed by atoms with E-state index >= 15 is 0 Å². The Labute approximate surface area is 86.3 Å². The molecule has 0 aromatic heterocycles. The van der Waals surface area contributed by atoms with Crippen molar-refractivity contribution in [2.75, 3.05) is 11.9 Å². The van der Waals surface area contributed by atoms with Crippen molar-refractivity contribution in [3.05, 3.63) is 28.8 Å². The van der Waals surface area contributed by atoms with E-state index in [4.69, 9.17) is 11.6 Å². The summed E-state index contributed by atoms with van der Waals surface area (Å²) in [6.07, 6.45) is 0. The van der Waals surface area contributed by atoms with Gasteiger partial charge in [0.2, 0.25) is 5.67 Å². The van der Waals surface area contributed by atoms with Crippen LogP contribution in [0.25, 0.3) is 0 Å². The van der Waals surface area contributed by atoms with Crippen LogP contribution in [0.1, 0.15) is 12.5 Å². The Hall–Kier alpha value is -1.09. The maximum atomic E-state index is 14.0. The maximum Gasteiger partial charge on any atom is 0.268 e. The van der Waals surface area contributed by atoms with Crippen molar-refractivity contribution < 1.29 is 9.18 Å². The fourth-order valence-corrected chi connectivity index (χ4v) is 1.89. The van der Waals surface area contributed by atoms with Gasteiger partial charge in [-0.15, -0.1) is 0 Å². The summed E-state index contributed by atoms with van der Waals surface area (Å²) in [7, 11) is 1.56. The summed E-state index contributed by atoms with van der Waals surface area (Å²) in [6.45, 7) is 1.26. The Kier molecular flexibility index (Phi) is 1.83. The lowest BCUT2D eigenvalue weighted by Gasteiger charge is -2.12. The lowest BCUT2D eigenvalue weighted by molar-refractivity contribution is -0.127. The average Bonchev–Trinajstić information content (AvgIpc) is 2.29. The van der Waals surface area contributed by atoms with E-state index in [0.29, 0.717) is 16.3 Å². The molecule has 1 atom stereocenters. The van der Waals surface area contributed by atoms with Gasteiger partial charge < -0.3 is 4.90 Å². The molecule has 1 aromatic rings. The van der Waals surface area contributed by atoms with Crippen molar-refractivity contribution in [2.45, 2.75) is 12.6 Å². The van der Waals surface area contributed by atoms with E-state index in [-0.39, 0.29) is 0 Å². The number of nitrogens with zero attached hydrogens (tertiary/aromatic N) is 1. The zero-order valence-electron chi connectivity index (χ0n) is 7.84. The van der Waals surface area contributed by atoms with Gasteiger partial charge >= 0.3 is 0 Å². The first-order chi connectivity index (χ1) is 6.44. The number of carbonyl (C=O) groups is 1. The van der Waals surface area contributed by atoms with Crippen LogP contribution < -0.4 is 4.90 Å². The molecule has 0 saturated heterocycles. The molecule has 0 aliphatic carbocycles. The van der Waals surface area contributed by atoms with E-state index in [0.717, 1.165) is 0 Å². The number of fused-ring (bicyclic) bond motifs is 1. The predicted molar refractivity (Wildman–Crippen MR) is 53.3 cm³/mol. The summed E-state index contributed by atoms with van der Waals surface area (Å²) in [4.78, 5) is 12.8. The molecule has 1 amide bonds. The van der Waals surface area contributed by atoms with Crippen LogP contribution in [-0.4, -0.2) is 13.0 Å². The molecule has 1 aromatic carbocycles. The first kappa shape index (κ1) is 9.46. The van der Waals surface area contributed by atoms with Gasteiger partial charge in [0.25, 0.3) is 5.91 Å². The fraction of sp³-hybridized carbons (Fsp3) is 0.300. The topological polar surface area (TPSA) is 20.3 Å². The Morgan fingerprint density at radius 1 is 1.50 bits per heavy atom. The number of amides is 1. The number of anilines is 1. The zero-order chi connectivity index (χ0) is 10.5. The molecule has 74 valence electrons. The molecule has 2 rings (SSSR count). The monoisotopic (exact) mass is 213 g/mol. The molecule has 0 N–H and O–H groups in total. The third-order valence-electron chi connectivity index (χ3n) is 2.53. The summed E-state index contributed by atoms with van der Waals surface area (Å²) in [5, 5.41) is 0.440. The van der Waals surface area contributed by atoms with E-state index in [9.17, 15) is 9.18 Å². The molecular weight excluding hydrogens is 205 g/mol. The molecule has 14 heavy (non-hydrogen) atoms. The summed E-state index contributed by atoms with van der Waals surface area (Å²) >= 11 is 5.75. The number of carbonyl (C=O) groups excluding carboxylic acids is 1. The van der Waals surface area contributed by atoms with Gasteiger partial charge in [-0.2, -0.15) is 0 Å². The molecule has 1 heterocycles. The highest BCUT2D eigenvalue weighted by Crippen LogP contribution is 2.42. The van der Waals surface area contributed by atoms with Crippen LogP contribution in [-0.2, 0) is 10.5 Å². The minimum Gasteiger partial charge on any atom is -0.312 e. The van der Waals surface area contributed by atoms with E-state index in [2.05, 4.69) is 0 Å². The summed E-state index contributed by atoms with van der Waals surface area (Å²) in [5.74, 6) is -0.547. The Morgan fingerprint density at radius 3 is 2.79 bits per heavy atom. The molecule has 2 nitrogen and oxygen atoms in total. The minimum absolute atomic E-state index is 0.345. The van der Waals surface area contributed by atoms with Crippen LogP contribution in [0.4, 0.5) is 10.1 Å². The van der Waals surface area contributed by atoms with E-state index in [1.807, 2.05) is 0 Å². The molecule has 1 unspecified atom stereocenters. The lowest BCUT2D eigenvalue weighted by atomic mass is 10.00. The number of benzene rings is 1. The normalized spacial score (nSPS) is 25.4. The van der Waals surface area contributed by atoms with Crippen LogP contribution >= 0.6 is 11.6 Å². The molecule has 0 radical (unpaired) electrons. The summed E-state index contributed by atoms with van der Waals surface area (Å²) < 4.78 is 14.0. The SMILES string of the molecule is CN1C(=O)C(C)(F)c2cc(Cl)ccc21. The second kappa shape index (κ2) is 2.70. The van der Waals surface area contributed by atoms with Gasteiger partial charge in [-0.3, -0.25) is 4.79 Å². The fourth-order valence-electron chi connectivity index (χ4n) is 1.72. The molecule has 1 aliphatic heterocycles. The van der Waals surface area contributed by atoms with E-state index < -0.39 is 11.6 Å². The Morgan fingerprint density at radius 2 is 2.14 bits per heavy atom. The largest absolute Gasteiger partial charge is 0.312 e. The van der Waals surface area contributed by atoms with Crippen molar-refractivity contribution in [2.24, 2.45) is 0 Å². The number of rotatable bonds is 0. The molecule has 0 saturated carbocycles. The molecule has 0 fully saturated rings. The van der Waals surface area contributed by atoms with Gasteiger partial charge in [0, 0.05) is 17.6 Å². The lowest BCUT2D eigenvalue weighted by Crippen LogP contribution is -2.32. The van der Waals surface area contributed by atoms with Crippen LogP contribution in [0.3, 0.4) is 0 Å². The van der Waals surface area contributed by atoms with Crippen LogP contribution in [0.5, 0.6) is 0 Å². The van der Waals surface area contributed by atoms with Gasteiger partial charge in [-0.25, -0.2) is 4.39 Å². The van der Waals surface area contributed by atoms with Gasteiger partial charge in [0.1, 0.15) is 0 Å². The molecule has 1 aliphatic rings. The second-order valence-electron chi connectivity index (χ2n) is 3.53. The maximum absolute atomic E-state index is 14.0. The number of halogens is 2. The number of hydrogen-bond donors (Lipinski definition) is 0. The minimum atomic E-state index is -1.95. The predicted octanol–water partition coefficient (Wildman–Crippen LogP) is 2.50. The zero-order valence-corrected chi connectivity index (χ0v) is 8.60. The quantitative estimate of drug-likeness (QED) is 0.649. The standard InChI is InChI=1S/C10H9ClFNO/c1-10(12)7-5-6(11)3-4-8(7)13(2)9(10)14/h3-5H,1-2H3. The van der Waals surface area contributed by atoms with Crippen LogP contribution in [0, 0.1) is 0 Å². The highest BCUT2D eigenvalue weighted by atomic mass is 35.5. The van der Waals surface area contributed by atoms with Crippen molar-refractivity contribution >= 4 is 23.2 Å². The smallest absolute Gasteiger partial charge is 0.268 e. The number of alkyl halides is 1. The van der Waals surface area contributed by atoms with Crippen molar-refractivity contribution in [3.63, 3.8) is 0 Å². The van der Waals surface area contributed by atoms with Gasteiger partial charge in [0.15, 0.2) is 0 Å². The third-order valence-corrected chi connectivity index (χ3v) is 2.77. The van der Waals surface area contributed by atoms with Crippen LogP contribution in [0.15, 0.2) is 18.2 Å². The summed E-state index contributed by atoms with van der Waals surface area (Å²) in [5.41, 5.74) is -1.02. The van der Waals surface area contributed by atoms with Crippen molar-refractivity contribution in [1.82, 2.24) is 0 Å². The van der Waals surface area contributed by atoms with Gasteiger partial charge in [0.05, 0.1) is 5.69 Å². The first-order valence-electron chi connectivity index (χ1n) is 4.21. The van der Waals surface area contributed by atoms with Crippen molar-refractivity contribution in [3.8, 4) is 0 Å². The van der Waals surface area contributed by atoms with Crippen molar-refractivity contribution in [1.29, 1.82) is 0 Å². The molecule has 0 bridgehead atoms. The Balaban J connectivity index is 2.69. The van der Waals surface area contributed by atoms with Crippen LogP contribution in [0.2, 0.25) is 5.02 Å². The van der Waals surface area contributed by atoms with E-state index in [1.165, 1.54) is 17.9 Å². The number of hydrogen-bond acceptors (Lipinski definition) is 1. The number of likely N-dealkylation sites (N-methyl/N-ethyl adjacent to an activating group) is 1. The van der Waals surface area contributed by atoms with E-state index in [1.54, 1.807) is 19.2 Å². The Bertz CT molecular complexity index is 417. The van der Waals surface area contributed by atoms with Gasteiger partial charge in [-0.05, 0) is 25.1 Å². The third kappa shape index (κ3) is 1.05. The first-order valence-corrected chi connectivity index (χ1v) is 4.59. The molecule has 0 spiro atoms. The summed E-state index contributed by atoms with van der Waals surface area (Å²) in [6, 6.07) is 4.80. The molecule has 4 heteroatoms. The second-order valence-corrected chi connectivity index (χ2v) is 3.97. The highest BCUT2D eigenvalue weighted by molar-refractivity contribution is 6.31.